The number of aliphatic hydroxyl groups excluding tert-OH is 1. The average Bonchev–Trinajstić information content (AvgIpc) is 2.68. The number of aliphatic carboxylic acids is 2. The molecule has 1 aliphatic heterocycles. The van der Waals surface area contributed by atoms with Crippen molar-refractivity contribution in [2.45, 2.75) is 25.4 Å². The molecule has 0 aliphatic carbocycles. The number of nitrogens with one attached hydrogen (secondary N) is 1. The first-order valence-electron chi connectivity index (χ1n) is 8.75. The largest absolute Gasteiger partial charge is 0.478 e. The lowest BCUT2D eigenvalue weighted by molar-refractivity contribution is -0.134. The Morgan fingerprint density at radius 2 is 1.82 bits per heavy atom. The minimum Gasteiger partial charge on any atom is -0.478 e. The number of amides is 1. The van der Waals surface area contributed by atoms with E-state index in [1.807, 2.05) is 0 Å². The predicted octanol–water partition coefficient (Wildman–Crippen LogP) is 0.302. The van der Waals surface area contributed by atoms with Crippen LogP contribution in [0.5, 0.6) is 0 Å². The summed E-state index contributed by atoms with van der Waals surface area (Å²) in [4.78, 5) is 41.9. The molecular formula is C18H25N3O7. The maximum absolute atomic E-state index is 11.6. The van der Waals surface area contributed by atoms with Crippen molar-refractivity contribution < 1.29 is 34.5 Å². The van der Waals surface area contributed by atoms with E-state index in [4.69, 9.17) is 15.1 Å². The first-order chi connectivity index (χ1) is 13.4. The number of nitrogens with zero attached hydrogens (tertiary/aromatic N) is 2. The number of rotatable bonds is 8. The maximum Gasteiger partial charge on any atom is 0.328 e. The van der Waals surface area contributed by atoms with Crippen molar-refractivity contribution >= 4 is 17.8 Å². The first-order valence-corrected chi connectivity index (χ1v) is 8.75. The van der Waals surface area contributed by atoms with Crippen LogP contribution in [0.2, 0.25) is 0 Å². The van der Waals surface area contributed by atoms with Crippen LogP contribution in [0.1, 0.15) is 29.6 Å². The molecule has 0 aromatic carbocycles. The van der Waals surface area contributed by atoms with E-state index in [-0.39, 0.29) is 12.5 Å². The number of carbonyl (C=O) groups is 3. The van der Waals surface area contributed by atoms with Gasteiger partial charge in [-0.25, -0.2) is 15.1 Å². The quantitative estimate of drug-likeness (QED) is 0.360. The number of pyridine rings is 1. The summed E-state index contributed by atoms with van der Waals surface area (Å²) in [5, 5.41) is 25.5. The van der Waals surface area contributed by atoms with Crippen molar-refractivity contribution in [3.63, 3.8) is 0 Å². The number of likely N-dealkylation sites (tertiary alicyclic amines) is 1. The second kappa shape index (κ2) is 13.4. The van der Waals surface area contributed by atoms with Gasteiger partial charge in [-0.2, -0.15) is 0 Å². The molecule has 1 fully saturated rings. The number of piperidine rings is 1. The number of carbonyl (C=O) groups excluding carboxylic acids is 1. The lowest BCUT2D eigenvalue weighted by Crippen LogP contribution is -2.39. The van der Waals surface area contributed by atoms with Gasteiger partial charge in [0, 0.05) is 31.1 Å². The molecule has 1 saturated heterocycles. The van der Waals surface area contributed by atoms with Crippen molar-refractivity contribution in [1.29, 1.82) is 0 Å². The summed E-state index contributed by atoms with van der Waals surface area (Å²) in [7, 11) is 0. The number of hydrogen-bond donors (Lipinski definition) is 4. The van der Waals surface area contributed by atoms with Crippen LogP contribution >= 0.6 is 0 Å². The van der Waals surface area contributed by atoms with E-state index in [1.54, 1.807) is 18.3 Å². The average molecular weight is 395 g/mol. The number of hydrogen-bond acceptors (Lipinski definition) is 7. The minimum absolute atomic E-state index is 0.0858. The molecular weight excluding hydrogens is 370 g/mol. The molecule has 1 amide bonds. The van der Waals surface area contributed by atoms with E-state index in [9.17, 15) is 19.5 Å². The third-order valence-corrected chi connectivity index (χ3v) is 3.65. The molecule has 0 radical (unpaired) electrons. The standard InChI is InChI=1S/C14H21N3O3.C4H4O4/c18-13(10-17-7-2-1-3-8-17)11-20-16-14(19)12-5-4-6-15-9-12;5-3(6)1-2-4(7)8/h4-6,9,13,18H,1-3,7-8,10-11H2,(H,16,19);1-2H,(H,5,6)(H,7,8)/b;2-1-. The molecule has 1 aliphatic rings. The summed E-state index contributed by atoms with van der Waals surface area (Å²) in [5.41, 5.74) is 2.74. The molecule has 1 unspecified atom stereocenters. The van der Waals surface area contributed by atoms with E-state index in [1.165, 1.54) is 25.5 Å². The molecule has 1 aromatic heterocycles. The van der Waals surface area contributed by atoms with E-state index < -0.39 is 18.0 Å². The van der Waals surface area contributed by atoms with Gasteiger partial charge in [-0.05, 0) is 38.1 Å². The monoisotopic (exact) mass is 395 g/mol. The fourth-order valence-corrected chi connectivity index (χ4v) is 2.39. The number of β-amino-alcohol motifs (C(OH)–C–C–N with tert-alkyl or cyclic N) is 1. The zero-order chi connectivity index (χ0) is 20.8. The predicted molar refractivity (Wildman–Crippen MR) is 98.4 cm³/mol. The molecule has 154 valence electrons. The molecule has 0 bridgehead atoms. The molecule has 4 N–H and O–H groups in total. The summed E-state index contributed by atoms with van der Waals surface area (Å²) >= 11 is 0. The van der Waals surface area contributed by atoms with Crippen LogP contribution in [-0.4, -0.2) is 75.4 Å². The molecule has 1 aromatic rings. The van der Waals surface area contributed by atoms with E-state index >= 15 is 0 Å². The normalized spacial score (nSPS) is 15.3. The smallest absolute Gasteiger partial charge is 0.328 e. The van der Waals surface area contributed by atoms with E-state index in [2.05, 4.69) is 15.4 Å². The Hall–Kier alpha value is -2.82. The van der Waals surface area contributed by atoms with Gasteiger partial charge in [-0.1, -0.05) is 6.42 Å². The lowest BCUT2D eigenvalue weighted by Gasteiger charge is -2.28. The highest BCUT2D eigenvalue weighted by Crippen LogP contribution is 2.08. The van der Waals surface area contributed by atoms with Crippen LogP contribution in [0.15, 0.2) is 36.7 Å². The maximum atomic E-state index is 11.6. The molecule has 10 nitrogen and oxygen atoms in total. The van der Waals surface area contributed by atoms with Crippen LogP contribution in [0.25, 0.3) is 0 Å². The Balaban J connectivity index is 0.000000416. The first kappa shape index (κ1) is 23.2. The van der Waals surface area contributed by atoms with Gasteiger partial charge in [0.05, 0.1) is 11.7 Å². The highest BCUT2D eigenvalue weighted by molar-refractivity contribution is 5.93. The van der Waals surface area contributed by atoms with Gasteiger partial charge in [0.2, 0.25) is 0 Å². The van der Waals surface area contributed by atoms with Crippen LogP contribution in [0.3, 0.4) is 0 Å². The van der Waals surface area contributed by atoms with Crippen molar-refractivity contribution in [3.8, 4) is 0 Å². The van der Waals surface area contributed by atoms with Crippen molar-refractivity contribution in [2.75, 3.05) is 26.2 Å². The number of aliphatic hydroxyl groups is 1. The molecule has 0 spiro atoms. The van der Waals surface area contributed by atoms with Crippen LogP contribution < -0.4 is 5.48 Å². The molecule has 2 rings (SSSR count). The van der Waals surface area contributed by atoms with Crippen molar-refractivity contribution in [3.05, 3.63) is 42.2 Å². The highest BCUT2D eigenvalue weighted by atomic mass is 16.7. The summed E-state index contributed by atoms with van der Waals surface area (Å²) in [6.45, 7) is 2.73. The number of carboxylic acids is 2. The van der Waals surface area contributed by atoms with Crippen molar-refractivity contribution in [1.82, 2.24) is 15.4 Å². The summed E-state index contributed by atoms with van der Waals surface area (Å²) in [6, 6.07) is 3.33. The Morgan fingerprint density at radius 1 is 1.18 bits per heavy atom. The number of aromatic nitrogens is 1. The lowest BCUT2D eigenvalue weighted by atomic mass is 10.1. The third kappa shape index (κ3) is 11.0. The van der Waals surface area contributed by atoms with Crippen LogP contribution in [0.4, 0.5) is 0 Å². The Kier molecular flexibility index (Phi) is 11.1. The van der Waals surface area contributed by atoms with Gasteiger partial charge in [-0.15, -0.1) is 0 Å². The summed E-state index contributed by atoms with van der Waals surface area (Å²) < 4.78 is 0. The second-order valence-electron chi connectivity index (χ2n) is 6.01. The fourth-order valence-electron chi connectivity index (χ4n) is 2.39. The number of hydroxylamine groups is 1. The summed E-state index contributed by atoms with van der Waals surface area (Å²) in [6.07, 6.45) is 7.22. The van der Waals surface area contributed by atoms with Gasteiger partial charge < -0.3 is 20.2 Å². The molecule has 1 atom stereocenters. The minimum atomic E-state index is -1.26. The van der Waals surface area contributed by atoms with Crippen LogP contribution in [0, 0.1) is 0 Å². The van der Waals surface area contributed by atoms with Gasteiger partial charge in [0.25, 0.3) is 5.91 Å². The molecule has 2 heterocycles. The van der Waals surface area contributed by atoms with E-state index in [0.29, 0.717) is 24.3 Å². The fraction of sp³-hybridized carbons (Fsp3) is 0.444. The molecule has 0 saturated carbocycles. The second-order valence-corrected chi connectivity index (χ2v) is 6.01. The molecule has 28 heavy (non-hydrogen) atoms. The topological polar surface area (TPSA) is 149 Å². The zero-order valence-electron chi connectivity index (χ0n) is 15.4. The summed E-state index contributed by atoms with van der Waals surface area (Å²) in [5.74, 6) is -2.87. The Bertz CT molecular complexity index is 630. The molecule has 10 heteroatoms. The van der Waals surface area contributed by atoms with Crippen molar-refractivity contribution in [2.24, 2.45) is 0 Å². The van der Waals surface area contributed by atoms with Crippen LogP contribution in [-0.2, 0) is 14.4 Å². The van der Waals surface area contributed by atoms with Gasteiger partial charge in [-0.3, -0.25) is 14.6 Å². The van der Waals surface area contributed by atoms with Gasteiger partial charge in [0.1, 0.15) is 6.61 Å². The Labute approximate surface area is 162 Å². The number of carboxylic acid groups (broad SMARTS) is 2. The Morgan fingerprint density at radius 3 is 2.36 bits per heavy atom. The van der Waals surface area contributed by atoms with Gasteiger partial charge in [0.15, 0.2) is 0 Å². The van der Waals surface area contributed by atoms with E-state index in [0.717, 1.165) is 13.1 Å². The zero-order valence-corrected chi connectivity index (χ0v) is 15.4. The highest BCUT2D eigenvalue weighted by Gasteiger charge is 2.15. The SMILES string of the molecule is O=C(NOCC(O)CN1CCCCC1)c1cccnc1.O=C(O)/C=C\C(=O)O. The van der Waals surface area contributed by atoms with Gasteiger partial charge >= 0.3 is 11.9 Å². The third-order valence-electron chi connectivity index (χ3n) is 3.65.